The minimum absolute atomic E-state index is 0.00545. The molecule has 3 fully saturated rings. The van der Waals surface area contributed by atoms with E-state index in [0.717, 1.165) is 18.4 Å². The van der Waals surface area contributed by atoms with Crippen LogP contribution >= 0.6 is 0 Å². The Morgan fingerprint density at radius 3 is 2.63 bits per heavy atom. The van der Waals surface area contributed by atoms with Gasteiger partial charge in [-0.1, -0.05) is 32.4 Å². The maximum absolute atomic E-state index is 13.5. The van der Waals surface area contributed by atoms with E-state index in [0.29, 0.717) is 6.42 Å². The maximum Gasteiger partial charge on any atom is 0.303 e. The molecule has 4 rings (SSSR count). The first-order chi connectivity index (χ1) is 13.9. The second-order valence-corrected chi connectivity index (χ2v) is 10.1. The van der Waals surface area contributed by atoms with E-state index in [1.807, 2.05) is 26.8 Å². The van der Waals surface area contributed by atoms with Crippen LogP contribution in [0.15, 0.2) is 23.8 Å². The van der Waals surface area contributed by atoms with Gasteiger partial charge in [0, 0.05) is 30.1 Å². The normalized spacial score (nSPS) is 44.6. The van der Waals surface area contributed by atoms with Gasteiger partial charge in [0.25, 0.3) is 0 Å². The van der Waals surface area contributed by atoms with Gasteiger partial charge in [-0.2, -0.15) is 0 Å². The molecule has 0 aromatic rings. The van der Waals surface area contributed by atoms with Crippen molar-refractivity contribution in [3.8, 4) is 0 Å². The molecule has 162 valence electrons. The molecule has 30 heavy (non-hydrogen) atoms. The average Bonchev–Trinajstić information content (AvgIpc) is 2.87. The van der Waals surface area contributed by atoms with Crippen LogP contribution < -0.4 is 0 Å². The van der Waals surface area contributed by atoms with Crippen molar-refractivity contribution in [2.45, 2.75) is 59.0 Å². The number of hydrogen-bond acceptors (Lipinski definition) is 6. The number of hydrogen-bond donors (Lipinski definition) is 1. The fraction of sp³-hybridized carbons (Fsp3) is 0.667. The predicted molar refractivity (Wildman–Crippen MR) is 108 cm³/mol. The number of rotatable bonds is 3. The lowest BCUT2D eigenvalue weighted by Gasteiger charge is -2.56. The Kier molecular flexibility index (Phi) is 4.73. The highest BCUT2D eigenvalue weighted by Crippen LogP contribution is 2.67. The maximum atomic E-state index is 13.5. The molecule has 6 nitrogen and oxygen atoms in total. The topological polar surface area (TPSA) is 97.7 Å². The van der Waals surface area contributed by atoms with Crippen molar-refractivity contribution < 1.29 is 29.0 Å². The molecule has 0 radical (unpaired) electrons. The monoisotopic (exact) mass is 414 g/mol. The smallest absolute Gasteiger partial charge is 0.303 e. The Hall–Kier alpha value is -2.08. The van der Waals surface area contributed by atoms with Gasteiger partial charge >= 0.3 is 5.97 Å². The van der Waals surface area contributed by atoms with E-state index in [4.69, 9.17) is 4.74 Å². The number of ketones is 3. The van der Waals surface area contributed by atoms with Crippen molar-refractivity contribution >= 4 is 23.3 Å². The standard InChI is InChI=1S/C24H30O6/c1-13-9-18-17-6-5-15-10-16(26)7-8-22(15,3)21(17)19(27)11-23(18,4)24(13,29)20(28)12-30-14(2)25/h7-8,10,13,17-18,21,29H,5-6,9,11-12H2,1-4H3/t13-,17-,18+,21+,22-,23-,24-/m0/s1. The summed E-state index contributed by atoms with van der Waals surface area (Å²) in [5, 5.41) is 11.7. The number of fused-ring (bicyclic) bond motifs is 5. The molecule has 0 heterocycles. The molecule has 0 aromatic carbocycles. The Labute approximate surface area is 176 Å². The Morgan fingerprint density at radius 1 is 1.27 bits per heavy atom. The molecular weight excluding hydrogens is 384 g/mol. The number of Topliss-reactive ketones (excluding diaryl/α,β-unsaturated/α-hetero) is 2. The van der Waals surface area contributed by atoms with Gasteiger partial charge in [0.1, 0.15) is 11.4 Å². The fourth-order valence-electron chi connectivity index (χ4n) is 7.24. The molecule has 0 aromatic heterocycles. The fourth-order valence-corrected chi connectivity index (χ4v) is 7.24. The molecule has 3 saturated carbocycles. The third kappa shape index (κ3) is 2.65. The summed E-state index contributed by atoms with van der Waals surface area (Å²) in [5.74, 6) is -1.63. The lowest BCUT2D eigenvalue weighted by molar-refractivity contribution is -0.176. The van der Waals surface area contributed by atoms with Crippen molar-refractivity contribution in [2.75, 3.05) is 6.61 Å². The van der Waals surface area contributed by atoms with Crippen LogP contribution in [0, 0.1) is 34.5 Å². The summed E-state index contributed by atoms with van der Waals surface area (Å²) in [7, 11) is 0. The number of esters is 1. The molecule has 0 unspecified atom stereocenters. The molecule has 1 N–H and O–H groups in total. The lowest BCUT2D eigenvalue weighted by Crippen LogP contribution is -2.62. The van der Waals surface area contributed by atoms with Gasteiger partial charge in [-0.15, -0.1) is 0 Å². The zero-order valence-corrected chi connectivity index (χ0v) is 18.1. The predicted octanol–water partition coefficient (Wildman–Crippen LogP) is 2.58. The SMILES string of the molecule is CC(=O)OCC(=O)[C@@]1(O)[C@@H](C)C[C@@H]2[C@@H]3CCC4=CC(=O)C=C[C@]4(C)[C@H]3C(=O)C[C@@]21C. The number of carbonyl (C=O) groups is 4. The van der Waals surface area contributed by atoms with Crippen LogP contribution in [-0.4, -0.2) is 40.6 Å². The van der Waals surface area contributed by atoms with E-state index < -0.39 is 34.8 Å². The first-order valence-electron chi connectivity index (χ1n) is 10.8. The van der Waals surface area contributed by atoms with E-state index >= 15 is 0 Å². The third-order valence-corrected chi connectivity index (χ3v) is 8.67. The first-order valence-corrected chi connectivity index (χ1v) is 10.8. The lowest BCUT2D eigenvalue weighted by atomic mass is 9.46. The highest BCUT2D eigenvalue weighted by molar-refractivity contribution is 6.02. The largest absolute Gasteiger partial charge is 0.458 e. The van der Waals surface area contributed by atoms with Gasteiger partial charge in [0.05, 0.1) is 0 Å². The van der Waals surface area contributed by atoms with Crippen molar-refractivity contribution in [3.05, 3.63) is 23.8 Å². The molecule has 7 atom stereocenters. The van der Waals surface area contributed by atoms with Gasteiger partial charge in [-0.3, -0.25) is 19.2 Å². The summed E-state index contributed by atoms with van der Waals surface area (Å²) >= 11 is 0. The average molecular weight is 414 g/mol. The summed E-state index contributed by atoms with van der Waals surface area (Å²) in [5.41, 5.74) is -2.07. The molecule has 0 bridgehead atoms. The quantitative estimate of drug-likeness (QED) is 0.713. The Morgan fingerprint density at radius 2 is 1.97 bits per heavy atom. The number of allylic oxidation sites excluding steroid dienone is 4. The number of ether oxygens (including phenoxy) is 1. The molecule has 0 saturated heterocycles. The second kappa shape index (κ2) is 6.71. The van der Waals surface area contributed by atoms with Crippen LogP contribution in [-0.2, 0) is 23.9 Å². The van der Waals surface area contributed by atoms with Crippen LogP contribution in [0.25, 0.3) is 0 Å². The number of aliphatic hydroxyl groups is 1. The molecule has 6 heteroatoms. The highest BCUT2D eigenvalue weighted by Gasteiger charge is 2.70. The Bertz CT molecular complexity index is 899. The molecule has 4 aliphatic carbocycles. The molecule has 4 aliphatic rings. The van der Waals surface area contributed by atoms with Gasteiger partial charge < -0.3 is 9.84 Å². The van der Waals surface area contributed by atoms with Crippen molar-refractivity contribution in [1.29, 1.82) is 0 Å². The van der Waals surface area contributed by atoms with Gasteiger partial charge in [0.15, 0.2) is 12.4 Å². The first kappa shape index (κ1) is 21.2. The summed E-state index contributed by atoms with van der Waals surface area (Å²) in [6.45, 7) is 6.50. The summed E-state index contributed by atoms with van der Waals surface area (Å²) < 4.78 is 4.90. The zero-order chi connectivity index (χ0) is 22.1. The van der Waals surface area contributed by atoms with Crippen LogP contribution in [0.4, 0.5) is 0 Å². The van der Waals surface area contributed by atoms with E-state index in [-0.39, 0.29) is 41.7 Å². The second-order valence-electron chi connectivity index (χ2n) is 10.1. The van der Waals surface area contributed by atoms with E-state index in [2.05, 4.69) is 0 Å². The van der Waals surface area contributed by atoms with Crippen molar-refractivity contribution in [2.24, 2.45) is 34.5 Å². The van der Waals surface area contributed by atoms with Crippen molar-refractivity contribution in [1.82, 2.24) is 0 Å². The summed E-state index contributed by atoms with van der Waals surface area (Å²) in [4.78, 5) is 49.7. The van der Waals surface area contributed by atoms with Crippen LogP contribution in [0.1, 0.15) is 53.4 Å². The zero-order valence-electron chi connectivity index (χ0n) is 18.1. The van der Waals surface area contributed by atoms with Crippen LogP contribution in [0.3, 0.4) is 0 Å². The summed E-state index contributed by atoms with van der Waals surface area (Å²) in [6, 6.07) is 0. The Balaban J connectivity index is 1.71. The van der Waals surface area contributed by atoms with Gasteiger partial charge in [0.2, 0.25) is 5.78 Å². The molecule has 0 spiro atoms. The van der Waals surface area contributed by atoms with E-state index in [1.54, 1.807) is 12.2 Å². The van der Waals surface area contributed by atoms with Crippen LogP contribution in [0.2, 0.25) is 0 Å². The van der Waals surface area contributed by atoms with E-state index in [1.165, 1.54) is 6.92 Å². The third-order valence-electron chi connectivity index (χ3n) is 8.67. The molecule has 0 amide bonds. The minimum Gasteiger partial charge on any atom is -0.458 e. The van der Waals surface area contributed by atoms with Gasteiger partial charge in [-0.25, -0.2) is 0 Å². The van der Waals surface area contributed by atoms with Gasteiger partial charge in [-0.05, 0) is 49.2 Å². The van der Waals surface area contributed by atoms with Crippen molar-refractivity contribution in [3.63, 3.8) is 0 Å². The molecular formula is C24H30O6. The highest BCUT2D eigenvalue weighted by atomic mass is 16.5. The number of carbonyl (C=O) groups excluding carboxylic acids is 4. The minimum atomic E-state index is -1.71. The van der Waals surface area contributed by atoms with E-state index in [9.17, 15) is 24.3 Å². The van der Waals surface area contributed by atoms with Crippen LogP contribution in [0.5, 0.6) is 0 Å². The molecule has 0 aliphatic heterocycles. The summed E-state index contributed by atoms with van der Waals surface area (Å²) in [6.07, 6.45) is 7.37.